The van der Waals surface area contributed by atoms with Gasteiger partial charge in [0.2, 0.25) is 21.8 Å². The van der Waals surface area contributed by atoms with Gasteiger partial charge >= 0.3 is 6.18 Å². The first-order valence-electron chi connectivity index (χ1n) is 12.7. The molecule has 0 aromatic heterocycles. The molecule has 1 aromatic rings. The highest BCUT2D eigenvalue weighted by Gasteiger charge is 2.37. The van der Waals surface area contributed by atoms with E-state index in [4.69, 9.17) is 0 Å². The Bertz CT molecular complexity index is 1010. The van der Waals surface area contributed by atoms with Crippen LogP contribution in [0.1, 0.15) is 77.2 Å². The standard InChI is InChI=1S/C25H37F4N3O4S/c1-17(2)15-21(32-23(33)12-9-18-7-3-4-8-18)24(34)30-13-5-6-14-31-37(35,36)22-11-10-19(26)16-20(22)25(27,28)29/h10-11,16-18,21,31H,3-9,12-15H2,1-2H3,(H,30,34)(H,32,33)/t21-/m0/s1. The molecule has 1 atom stereocenters. The van der Waals surface area contributed by atoms with Gasteiger partial charge in [0.25, 0.3) is 0 Å². The fraction of sp³-hybridized carbons (Fsp3) is 0.680. The number of hydrogen-bond donors (Lipinski definition) is 3. The zero-order valence-electron chi connectivity index (χ0n) is 21.3. The number of carbonyl (C=O) groups excluding carboxylic acids is 2. The van der Waals surface area contributed by atoms with Crippen molar-refractivity contribution in [3.63, 3.8) is 0 Å². The van der Waals surface area contributed by atoms with E-state index in [1.807, 2.05) is 13.8 Å². The summed E-state index contributed by atoms with van der Waals surface area (Å²) in [4.78, 5) is 24.0. The van der Waals surface area contributed by atoms with Crippen molar-refractivity contribution in [3.8, 4) is 0 Å². The Labute approximate surface area is 216 Å². The molecule has 2 amide bonds. The molecule has 0 unspecified atom stereocenters. The predicted octanol–water partition coefficient (Wildman–Crippen LogP) is 4.52. The van der Waals surface area contributed by atoms with E-state index in [1.54, 1.807) is 0 Å². The number of rotatable bonds is 14. The average molecular weight is 552 g/mol. The summed E-state index contributed by atoms with van der Waals surface area (Å²) in [5.74, 6) is -0.925. The smallest absolute Gasteiger partial charge is 0.354 e. The number of carbonyl (C=O) groups is 2. The van der Waals surface area contributed by atoms with Gasteiger partial charge in [0.05, 0.1) is 10.5 Å². The number of benzene rings is 1. The molecule has 1 aromatic carbocycles. The van der Waals surface area contributed by atoms with Gasteiger partial charge in [0.15, 0.2) is 0 Å². The minimum Gasteiger partial charge on any atom is -0.354 e. The number of alkyl halides is 3. The van der Waals surface area contributed by atoms with Gasteiger partial charge in [-0.15, -0.1) is 0 Å². The highest BCUT2D eigenvalue weighted by atomic mass is 32.2. The maximum Gasteiger partial charge on any atom is 0.417 e. The van der Waals surface area contributed by atoms with Crippen LogP contribution < -0.4 is 15.4 Å². The molecule has 1 aliphatic rings. The van der Waals surface area contributed by atoms with E-state index in [9.17, 15) is 35.6 Å². The van der Waals surface area contributed by atoms with Gasteiger partial charge in [0.1, 0.15) is 11.9 Å². The Balaban J connectivity index is 1.78. The van der Waals surface area contributed by atoms with Crippen molar-refractivity contribution in [1.29, 1.82) is 0 Å². The van der Waals surface area contributed by atoms with Gasteiger partial charge in [-0.25, -0.2) is 17.5 Å². The van der Waals surface area contributed by atoms with Crippen LogP contribution in [0, 0.1) is 17.7 Å². The van der Waals surface area contributed by atoms with Crippen LogP contribution in [0.25, 0.3) is 0 Å². The molecule has 1 saturated carbocycles. The fourth-order valence-corrected chi connectivity index (χ4v) is 5.71. The summed E-state index contributed by atoms with van der Waals surface area (Å²) in [6, 6.07) is 0.706. The molecule has 2 rings (SSSR count). The van der Waals surface area contributed by atoms with E-state index in [0.717, 1.165) is 19.3 Å². The molecule has 37 heavy (non-hydrogen) atoms. The van der Waals surface area contributed by atoms with Crippen LogP contribution in [-0.4, -0.2) is 39.4 Å². The third kappa shape index (κ3) is 10.6. The van der Waals surface area contributed by atoms with Crippen LogP contribution in [0.4, 0.5) is 17.6 Å². The number of halogens is 4. The molecule has 12 heteroatoms. The molecule has 0 bridgehead atoms. The van der Waals surface area contributed by atoms with Gasteiger partial charge in [-0.1, -0.05) is 39.5 Å². The number of hydrogen-bond acceptors (Lipinski definition) is 4. The van der Waals surface area contributed by atoms with Crippen LogP contribution in [0.2, 0.25) is 0 Å². The highest BCUT2D eigenvalue weighted by molar-refractivity contribution is 7.89. The number of sulfonamides is 1. The molecule has 210 valence electrons. The summed E-state index contributed by atoms with van der Waals surface area (Å²) < 4.78 is 79.4. The zero-order chi connectivity index (χ0) is 27.6. The van der Waals surface area contributed by atoms with Crippen molar-refractivity contribution in [1.82, 2.24) is 15.4 Å². The van der Waals surface area contributed by atoms with Crippen molar-refractivity contribution in [3.05, 3.63) is 29.6 Å². The summed E-state index contributed by atoms with van der Waals surface area (Å²) in [6.45, 7) is 3.93. The van der Waals surface area contributed by atoms with E-state index in [0.29, 0.717) is 37.3 Å². The van der Waals surface area contributed by atoms with Crippen LogP contribution in [-0.2, 0) is 25.8 Å². The second kappa shape index (κ2) is 14.1. The Morgan fingerprint density at radius 2 is 1.73 bits per heavy atom. The van der Waals surface area contributed by atoms with Crippen LogP contribution in [0.15, 0.2) is 23.1 Å². The van der Waals surface area contributed by atoms with Crippen LogP contribution in [0.5, 0.6) is 0 Å². The highest BCUT2D eigenvalue weighted by Crippen LogP contribution is 2.34. The molecule has 1 fully saturated rings. The summed E-state index contributed by atoms with van der Waals surface area (Å²) in [5, 5.41) is 5.56. The number of nitrogens with one attached hydrogen (secondary N) is 3. The average Bonchev–Trinajstić information content (AvgIpc) is 3.32. The van der Waals surface area contributed by atoms with Gasteiger partial charge in [-0.2, -0.15) is 13.2 Å². The van der Waals surface area contributed by atoms with Crippen molar-refractivity contribution in [2.24, 2.45) is 11.8 Å². The van der Waals surface area contributed by atoms with E-state index >= 15 is 0 Å². The number of amides is 2. The van der Waals surface area contributed by atoms with E-state index < -0.39 is 38.5 Å². The zero-order valence-corrected chi connectivity index (χ0v) is 22.1. The molecule has 0 radical (unpaired) electrons. The van der Waals surface area contributed by atoms with Crippen molar-refractivity contribution in [2.75, 3.05) is 13.1 Å². The second-order valence-electron chi connectivity index (χ2n) is 9.97. The lowest BCUT2D eigenvalue weighted by molar-refractivity contribution is -0.140. The van der Waals surface area contributed by atoms with Gasteiger partial charge in [-0.3, -0.25) is 9.59 Å². The first-order chi connectivity index (χ1) is 17.3. The Morgan fingerprint density at radius 3 is 2.35 bits per heavy atom. The summed E-state index contributed by atoms with van der Waals surface area (Å²) >= 11 is 0. The van der Waals surface area contributed by atoms with Gasteiger partial charge < -0.3 is 10.6 Å². The fourth-order valence-electron chi connectivity index (χ4n) is 4.43. The Hall–Kier alpha value is -2.21. The normalized spacial score (nSPS) is 15.6. The summed E-state index contributed by atoms with van der Waals surface area (Å²) in [7, 11) is -4.52. The molecule has 0 aliphatic heterocycles. The maximum atomic E-state index is 13.2. The molecular formula is C25H37F4N3O4S. The summed E-state index contributed by atoms with van der Waals surface area (Å²) in [5.41, 5.74) is -1.58. The van der Waals surface area contributed by atoms with Crippen LogP contribution in [0.3, 0.4) is 0 Å². The molecule has 0 saturated heterocycles. The molecule has 3 N–H and O–H groups in total. The van der Waals surface area contributed by atoms with Gasteiger partial charge in [-0.05, 0) is 55.7 Å². The maximum absolute atomic E-state index is 13.2. The molecule has 0 heterocycles. The van der Waals surface area contributed by atoms with Crippen LogP contribution >= 0.6 is 0 Å². The second-order valence-corrected chi connectivity index (χ2v) is 11.7. The monoisotopic (exact) mass is 551 g/mol. The topological polar surface area (TPSA) is 104 Å². The SMILES string of the molecule is CC(C)C[C@H](NC(=O)CCC1CCCC1)C(=O)NCCCCNS(=O)(=O)c1ccc(F)cc1C(F)(F)F. The molecule has 7 nitrogen and oxygen atoms in total. The Kier molecular flexibility index (Phi) is 11.8. The third-order valence-electron chi connectivity index (χ3n) is 6.34. The Morgan fingerprint density at radius 1 is 1.08 bits per heavy atom. The quantitative estimate of drug-likeness (QED) is 0.234. The van der Waals surface area contributed by atoms with E-state index in [-0.39, 0.29) is 43.3 Å². The largest absolute Gasteiger partial charge is 0.417 e. The van der Waals surface area contributed by atoms with Crippen molar-refractivity contribution < 1.29 is 35.6 Å². The lowest BCUT2D eigenvalue weighted by atomic mass is 10.00. The lowest BCUT2D eigenvalue weighted by Crippen LogP contribution is -2.47. The predicted molar refractivity (Wildman–Crippen MR) is 131 cm³/mol. The van der Waals surface area contributed by atoms with Gasteiger partial charge in [0, 0.05) is 19.5 Å². The third-order valence-corrected chi connectivity index (χ3v) is 7.86. The lowest BCUT2D eigenvalue weighted by Gasteiger charge is -2.20. The summed E-state index contributed by atoms with van der Waals surface area (Å²) in [6.07, 6.45) is 1.93. The molecule has 0 spiro atoms. The van der Waals surface area contributed by atoms with E-state index in [1.165, 1.54) is 12.8 Å². The van der Waals surface area contributed by atoms with Crippen molar-refractivity contribution >= 4 is 21.8 Å². The number of unbranched alkanes of at least 4 members (excludes halogenated alkanes) is 1. The minimum absolute atomic E-state index is 0.144. The van der Waals surface area contributed by atoms with Crippen molar-refractivity contribution in [2.45, 2.75) is 88.7 Å². The first-order valence-corrected chi connectivity index (χ1v) is 14.2. The minimum atomic E-state index is -5.03. The van der Waals surface area contributed by atoms with E-state index in [2.05, 4.69) is 15.4 Å². The first kappa shape index (κ1) is 31.0. The molecule has 1 aliphatic carbocycles. The molecular weight excluding hydrogens is 514 g/mol.